The maximum atomic E-state index is 2.61. The molecule has 0 aromatic rings. The maximum absolute atomic E-state index is 2.61. The van der Waals surface area contributed by atoms with E-state index in [1.165, 1.54) is 38.9 Å². The van der Waals surface area contributed by atoms with Gasteiger partial charge in [0, 0.05) is 0 Å². The number of likely N-dealkylation sites (tertiary alicyclic amines) is 1. The minimum atomic E-state index is 0.797. The first kappa shape index (κ1) is 15.0. The van der Waals surface area contributed by atoms with Crippen LogP contribution in [-0.4, -0.2) is 24.5 Å². The topological polar surface area (TPSA) is 3.24 Å². The van der Waals surface area contributed by atoms with Crippen LogP contribution in [0.4, 0.5) is 0 Å². The molecule has 0 bridgehead atoms. The first-order valence-corrected chi connectivity index (χ1v) is 7.86. The molecule has 0 atom stereocenters. The van der Waals surface area contributed by atoms with Gasteiger partial charge in [0.05, 0.1) is 0 Å². The molecule has 0 N–H and O–H groups in total. The molecule has 1 aliphatic carbocycles. The molecule has 1 heteroatoms. The Labute approximate surface area is 109 Å². The van der Waals surface area contributed by atoms with Crippen molar-refractivity contribution < 1.29 is 0 Å². The highest BCUT2D eigenvalue weighted by molar-refractivity contribution is 4.96. The van der Waals surface area contributed by atoms with E-state index in [2.05, 4.69) is 25.7 Å². The van der Waals surface area contributed by atoms with E-state index in [1.54, 1.807) is 12.8 Å². The zero-order valence-corrected chi connectivity index (χ0v) is 12.8. The summed E-state index contributed by atoms with van der Waals surface area (Å²) in [4.78, 5) is 2.61. The van der Waals surface area contributed by atoms with Crippen molar-refractivity contribution in [2.75, 3.05) is 19.6 Å². The molecule has 1 spiro atoms. The van der Waals surface area contributed by atoms with Gasteiger partial charge in [0.1, 0.15) is 0 Å². The van der Waals surface area contributed by atoms with E-state index in [9.17, 15) is 0 Å². The van der Waals surface area contributed by atoms with Gasteiger partial charge in [-0.1, -0.05) is 34.6 Å². The number of hydrogen-bond donors (Lipinski definition) is 0. The Morgan fingerprint density at radius 3 is 2.06 bits per heavy atom. The lowest BCUT2D eigenvalue weighted by atomic mass is 9.56. The Kier molecular flexibility index (Phi) is 5.99. The third-order valence-corrected chi connectivity index (χ3v) is 4.61. The van der Waals surface area contributed by atoms with Gasteiger partial charge in [0.2, 0.25) is 0 Å². The second kappa shape index (κ2) is 6.78. The first-order chi connectivity index (χ1) is 8.13. The standard InChI is InChI=1S/C14H27N.C2H6/c1-4-15-7-5-14(6-8-15)10-13(11-14)9-12(2)3;1-2/h12-13H,4-11H2,1-3H3;1-2H3. The van der Waals surface area contributed by atoms with Crippen molar-refractivity contribution in [2.45, 2.75) is 66.7 Å². The van der Waals surface area contributed by atoms with E-state index in [0.29, 0.717) is 0 Å². The van der Waals surface area contributed by atoms with E-state index in [0.717, 1.165) is 17.3 Å². The van der Waals surface area contributed by atoms with Crippen LogP contribution in [0.15, 0.2) is 0 Å². The Bertz CT molecular complexity index is 194. The fourth-order valence-electron chi connectivity index (χ4n) is 3.75. The molecule has 102 valence electrons. The molecule has 1 heterocycles. The average Bonchev–Trinajstić information content (AvgIpc) is 2.30. The molecular formula is C16H33N. The molecule has 0 radical (unpaired) electrons. The van der Waals surface area contributed by atoms with E-state index in [4.69, 9.17) is 0 Å². The van der Waals surface area contributed by atoms with Crippen LogP contribution in [0.3, 0.4) is 0 Å². The molecule has 0 unspecified atom stereocenters. The molecule has 1 aliphatic heterocycles. The summed E-state index contributed by atoms with van der Waals surface area (Å²) in [5.74, 6) is 1.97. The second-order valence-electron chi connectivity index (χ2n) is 6.34. The molecule has 1 nitrogen and oxygen atoms in total. The fourth-order valence-corrected chi connectivity index (χ4v) is 3.75. The van der Waals surface area contributed by atoms with Gasteiger partial charge >= 0.3 is 0 Å². The normalized spacial score (nSPS) is 24.4. The number of hydrogen-bond acceptors (Lipinski definition) is 1. The lowest BCUT2D eigenvalue weighted by Gasteiger charge is -2.53. The molecule has 2 rings (SSSR count). The van der Waals surface area contributed by atoms with Crippen LogP contribution in [-0.2, 0) is 0 Å². The zero-order valence-electron chi connectivity index (χ0n) is 12.8. The van der Waals surface area contributed by atoms with E-state index < -0.39 is 0 Å². The second-order valence-corrected chi connectivity index (χ2v) is 6.34. The van der Waals surface area contributed by atoms with Crippen molar-refractivity contribution in [3.63, 3.8) is 0 Å². The minimum Gasteiger partial charge on any atom is -0.304 e. The molecule has 17 heavy (non-hydrogen) atoms. The van der Waals surface area contributed by atoms with Crippen LogP contribution >= 0.6 is 0 Å². The summed E-state index contributed by atoms with van der Waals surface area (Å²) >= 11 is 0. The lowest BCUT2D eigenvalue weighted by molar-refractivity contribution is -0.0190. The Morgan fingerprint density at radius 2 is 1.65 bits per heavy atom. The van der Waals surface area contributed by atoms with Crippen LogP contribution in [0.25, 0.3) is 0 Å². The molecule has 0 amide bonds. The summed E-state index contributed by atoms with van der Waals surface area (Å²) in [7, 11) is 0. The van der Waals surface area contributed by atoms with Crippen molar-refractivity contribution in [3.8, 4) is 0 Å². The van der Waals surface area contributed by atoms with Crippen molar-refractivity contribution in [1.82, 2.24) is 4.90 Å². The Morgan fingerprint density at radius 1 is 1.12 bits per heavy atom. The van der Waals surface area contributed by atoms with E-state index in [-0.39, 0.29) is 0 Å². The van der Waals surface area contributed by atoms with Crippen LogP contribution in [0.1, 0.15) is 66.7 Å². The van der Waals surface area contributed by atoms with Gasteiger partial charge in [0.25, 0.3) is 0 Å². The molecule has 2 fully saturated rings. The summed E-state index contributed by atoms with van der Waals surface area (Å²) in [6.07, 6.45) is 7.52. The average molecular weight is 239 g/mol. The Hall–Kier alpha value is -0.0400. The van der Waals surface area contributed by atoms with Crippen molar-refractivity contribution in [1.29, 1.82) is 0 Å². The lowest BCUT2D eigenvalue weighted by Crippen LogP contribution is -2.47. The zero-order chi connectivity index (χ0) is 12.9. The largest absolute Gasteiger partial charge is 0.304 e. The predicted molar refractivity (Wildman–Crippen MR) is 77.3 cm³/mol. The summed E-state index contributed by atoms with van der Waals surface area (Å²) in [5, 5.41) is 0. The van der Waals surface area contributed by atoms with Gasteiger partial charge in [-0.05, 0) is 69.0 Å². The number of rotatable bonds is 3. The molecule has 1 saturated heterocycles. The highest BCUT2D eigenvalue weighted by atomic mass is 15.1. The Balaban J connectivity index is 0.000000686. The van der Waals surface area contributed by atoms with Crippen molar-refractivity contribution in [3.05, 3.63) is 0 Å². The van der Waals surface area contributed by atoms with Crippen LogP contribution in [0.5, 0.6) is 0 Å². The van der Waals surface area contributed by atoms with Crippen LogP contribution in [0.2, 0.25) is 0 Å². The molecule has 2 aliphatic rings. The number of nitrogens with zero attached hydrogens (tertiary/aromatic N) is 1. The maximum Gasteiger partial charge on any atom is -0.00135 e. The molecule has 1 saturated carbocycles. The van der Waals surface area contributed by atoms with Gasteiger partial charge in [-0.15, -0.1) is 0 Å². The van der Waals surface area contributed by atoms with Crippen LogP contribution in [0, 0.1) is 17.3 Å². The fraction of sp³-hybridized carbons (Fsp3) is 1.00. The molecule has 0 aromatic heterocycles. The highest BCUT2D eigenvalue weighted by Crippen LogP contribution is 2.54. The van der Waals surface area contributed by atoms with Crippen molar-refractivity contribution in [2.24, 2.45) is 17.3 Å². The molecule has 0 aromatic carbocycles. The van der Waals surface area contributed by atoms with Crippen molar-refractivity contribution >= 4 is 0 Å². The third kappa shape index (κ3) is 3.98. The van der Waals surface area contributed by atoms with Gasteiger partial charge in [-0.25, -0.2) is 0 Å². The summed E-state index contributed by atoms with van der Waals surface area (Å²) in [5.41, 5.74) is 0.797. The van der Waals surface area contributed by atoms with Gasteiger partial charge in [-0.2, -0.15) is 0 Å². The minimum absolute atomic E-state index is 0.797. The quantitative estimate of drug-likeness (QED) is 0.697. The monoisotopic (exact) mass is 239 g/mol. The van der Waals surface area contributed by atoms with Gasteiger partial charge in [-0.3, -0.25) is 0 Å². The third-order valence-electron chi connectivity index (χ3n) is 4.61. The number of piperidine rings is 1. The van der Waals surface area contributed by atoms with Crippen LogP contribution < -0.4 is 0 Å². The van der Waals surface area contributed by atoms with Gasteiger partial charge in [0.15, 0.2) is 0 Å². The molecular weight excluding hydrogens is 206 g/mol. The van der Waals surface area contributed by atoms with E-state index in [1.807, 2.05) is 13.8 Å². The smallest absolute Gasteiger partial charge is 0.00135 e. The van der Waals surface area contributed by atoms with E-state index >= 15 is 0 Å². The SMILES string of the molecule is CC.CCN1CCC2(CC1)CC(CC(C)C)C2. The summed E-state index contributed by atoms with van der Waals surface area (Å²) in [6, 6.07) is 0. The first-order valence-electron chi connectivity index (χ1n) is 7.86. The predicted octanol–water partition coefficient (Wildman–Crippen LogP) is 4.57. The summed E-state index contributed by atoms with van der Waals surface area (Å²) < 4.78 is 0. The summed E-state index contributed by atoms with van der Waals surface area (Å²) in [6.45, 7) is 15.0. The van der Waals surface area contributed by atoms with Gasteiger partial charge < -0.3 is 4.90 Å². The highest BCUT2D eigenvalue weighted by Gasteiger charge is 2.45.